The number of nitrogens with one attached hydrogen (secondary N) is 2. The maximum atomic E-state index is 12.1. The van der Waals surface area contributed by atoms with Gasteiger partial charge in [-0.05, 0) is 6.92 Å². The molecule has 1 atom stereocenters. The molecule has 8 heteroatoms. The fourth-order valence-electron chi connectivity index (χ4n) is 2.37. The van der Waals surface area contributed by atoms with E-state index in [1.807, 2.05) is 0 Å². The summed E-state index contributed by atoms with van der Waals surface area (Å²) in [7, 11) is 0. The van der Waals surface area contributed by atoms with Crippen molar-refractivity contribution in [2.75, 3.05) is 26.2 Å². The van der Waals surface area contributed by atoms with E-state index in [1.165, 1.54) is 0 Å². The van der Waals surface area contributed by atoms with Gasteiger partial charge in [0, 0.05) is 26.2 Å². The van der Waals surface area contributed by atoms with Crippen LogP contribution in [0.1, 0.15) is 16.4 Å². The summed E-state index contributed by atoms with van der Waals surface area (Å²) in [6.07, 6.45) is 0. The Morgan fingerprint density at radius 1 is 1.44 bits per heavy atom. The lowest BCUT2D eigenvalue weighted by molar-refractivity contribution is 0.0605. The van der Waals surface area contributed by atoms with Gasteiger partial charge in [-0.2, -0.15) is 0 Å². The molecule has 2 aliphatic rings. The molecule has 0 bridgehead atoms. The lowest BCUT2D eigenvalue weighted by atomic mass is 10.2. The van der Waals surface area contributed by atoms with Gasteiger partial charge in [0.05, 0.1) is 6.04 Å². The minimum absolute atomic E-state index is 0.0409. The summed E-state index contributed by atoms with van der Waals surface area (Å²) in [6.45, 7) is 3.96. The van der Waals surface area contributed by atoms with Crippen LogP contribution in [0.3, 0.4) is 0 Å². The quantitative estimate of drug-likeness (QED) is 0.666. The number of rotatable bonds is 1. The zero-order valence-corrected chi connectivity index (χ0v) is 10.0. The van der Waals surface area contributed by atoms with E-state index in [4.69, 9.17) is 0 Å². The van der Waals surface area contributed by atoms with E-state index in [0.717, 1.165) is 0 Å². The van der Waals surface area contributed by atoms with E-state index >= 15 is 0 Å². The Hall–Kier alpha value is -2.12. The van der Waals surface area contributed by atoms with E-state index < -0.39 is 0 Å². The Morgan fingerprint density at radius 2 is 2.28 bits per heavy atom. The molecule has 96 valence electrons. The van der Waals surface area contributed by atoms with Gasteiger partial charge in [0.25, 0.3) is 5.91 Å². The van der Waals surface area contributed by atoms with Crippen LogP contribution in [0.2, 0.25) is 0 Å². The highest BCUT2D eigenvalue weighted by atomic mass is 16.2. The highest BCUT2D eigenvalue weighted by Gasteiger charge is 2.37. The number of carbonyl (C=O) groups excluding carboxylic acids is 2. The third-order valence-corrected chi connectivity index (χ3v) is 3.31. The topological polar surface area (TPSA) is 94.2 Å². The van der Waals surface area contributed by atoms with E-state index in [-0.39, 0.29) is 23.8 Å². The summed E-state index contributed by atoms with van der Waals surface area (Å²) in [4.78, 5) is 31.1. The summed E-state index contributed by atoms with van der Waals surface area (Å²) in [5, 5.41) is 9.30. The van der Waals surface area contributed by atoms with Gasteiger partial charge >= 0.3 is 6.03 Å². The van der Waals surface area contributed by atoms with Crippen LogP contribution in [0.15, 0.2) is 0 Å². The molecule has 1 aromatic rings. The molecule has 18 heavy (non-hydrogen) atoms. The lowest BCUT2D eigenvalue weighted by Crippen LogP contribution is -2.53. The molecule has 0 aromatic carbocycles. The second kappa shape index (κ2) is 3.97. The van der Waals surface area contributed by atoms with Gasteiger partial charge in [0.2, 0.25) is 5.82 Å². The molecule has 2 aliphatic heterocycles. The number of fused-ring (bicyclic) bond motifs is 1. The normalized spacial score (nSPS) is 22.9. The largest absolute Gasteiger partial charge is 0.336 e. The Labute approximate surface area is 103 Å². The van der Waals surface area contributed by atoms with Gasteiger partial charge in [-0.3, -0.25) is 9.89 Å². The highest BCUT2D eigenvalue weighted by molar-refractivity contribution is 5.90. The van der Waals surface area contributed by atoms with E-state index in [0.29, 0.717) is 32.0 Å². The predicted molar refractivity (Wildman–Crippen MR) is 60.9 cm³/mol. The van der Waals surface area contributed by atoms with Gasteiger partial charge < -0.3 is 15.1 Å². The molecule has 0 spiro atoms. The van der Waals surface area contributed by atoms with Crippen LogP contribution < -0.4 is 5.32 Å². The average molecular weight is 250 g/mol. The van der Waals surface area contributed by atoms with Crippen LogP contribution in [0.5, 0.6) is 0 Å². The standard InChI is InChI=1S/C10H14N6O2/c1-6-12-8(14-13-6)9(17)15-2-3-16-7(5-15)4-11-10(16)18/h7H,2-5H2,1H3,(H,11,18)(H,12,13,14). The maximum Gasteiger partial charge on any atom is 0.317 e. The average Bonchev–Trinajstić information content (AvgIpc) is 2.95. The molecule has 8 nitrogen and oxygen atoms in total. The SMILES string of the molecule is Cc1nc(C(=O)N2CCN3C(=O)NCC3C2)n[nH]1. The van der Waals surface area contributed by atoms with Crippen molar-refractivity contribution < 1.29 is 9.59 Å². The number of hydrogen-bond acceptors (Lipinski definition) is 4. The van der Waals surface area contributed by atoms with Crippen molar-refractivity contribution in [3.63, 3.8) is 0 Å². The van der Waals surface area contributed by atoms with Crippen LogP contribution in [-0.4, -0.2) is 69.1 Å². The van der Waals surface area contributed by atoms with Crippen molar-refractivity contribution in [3.05, 3.63) is 11.6 Å². The molecule has 2 fully saturated rings. The Bertz CT molecular complexity index is 498. The molecule has 3 rings (SSSR count). The van der Waals surface area contributed by atoms with E-state index in [2.05, 4.69) is 20.5 Å². The smallest absolute Gasteiger partial charge is 0.317 e. The number of hydrogen-bond donors (Lipinski definition) is 2. The number of aryl methyl sites for hydroxylation is 1. The monoisotopic (exact) mass is 250 g/mol. The number of urea groups is 1. The number of amides is 3. The zero-order chi connectivity index (χ0) is 12.7. The molecule has 1 unspecified atom stereocenters. The molecule has 1 aromatic heterocycles. The van der Waals surface area contributed by atoms with Crippen molar-refractivity contribution in [1.82, 2.24) is 30.3 Å². The highest BCUT2D eigenvalue weighted by Crippen LogP contribution is 2.15. The molecule has 3 amide bonds. The van der Waals surface area contributed by atoms with Crippen LogP contribution in [0, 0.1) is 6.92 Å². The van der Waals surface area contributed by atoms with Crippen LogP contribution in [-0.2, 0) is 0 Å². The van der Waals surface area contributed by atoms with Crippen LogP contribution in [0.25, 0.3) is 0 Å². The third-order valence-electron chi connectivity index (χ3n) is 3.31. The summed E-state index contributed by atoms with van der Waals surface area (Å²) in [5.74, 6) is 0.631. The zero-order valence-electron chi connectivity index (χ0n) is 10.0. The Morgan fingerprint density at radius 3 is 3.00 bits per heavy atom. The second-order valence-corrected chi connectivity index (χ2v) is 4.53. The first kappa shape index (κ1) is 11.0. The van der Waals surface area contributed by atoms with Gasteiger partial charge in [-0.25, -0.2) is 9.78 Å². The third kappa shape index (κ3) is 1.69. The molecule has 0 aliphatic carbocycles. The number of aromatic nitrogens is 3. The molecule has 3 heterocycles. The molecular formula is C10H14N6O2. The number of piperazine rings is 1. The summed E-state index contributed by atoms with van der Waals surface area (Å²) >= 11 is 0. The van der Waals surface area contributed by atoms with E-state index in [1.54, 1.807) is 16.7 Å². The maximum absolute atomic E-state index is 12.1. The molecule has 2 saturated heterocycles. The minimum atomic E-state index is -0.182. The number of nitrogens with zero attached hydrogens (tertiary/aromatic N) is 4. The lowest BCUT2D eigenvalue weighted by Gasteiger charge is -2.35. The first-order chi connectivity index (χ1) is 8.65. The van der Waals surface area contributed by atoms with Crippen LogP contribution in [0.4, 0.5) is 4.79 Å². The number of aromatic amines is 1. The van der Waals surface area contributed by atoms with Gasteiger partial charge in [-0.1, -0.05) is 0 Å². The van der Waals surface area contributed by atoms with Gasteiger partial charge in [0.15, 0.2) is 0 Å². The molecule has 0 saturated carbocycles. The van der Waals surface area contributed by atoms with Crippen molar-refractivity contribution in [2.45, 2.75) is 13.0 Å². The fourth-order valence-corrected chi connectivity index (χ4v) is 2.37. The first-order valence-electron chi connectivity index (χ1n) is 5.88. The van der Waals surface area contributed by atoms with Crippen molar-refractivity contribution in [2.24, 2.45) is 0 Å². The molecule has 0 radical (unpaired) electrons. The fraction of sp³-hybridized carbons (Fsp3) is 0.600. The summed E-state index contributed by atoms with van der Waals surface area (Å²) in [6, 6.07) is 0.0241. The summed E-state index contributed by atoms with van der Waals surface area (Å²) in [5.41, 5.74) is 0. The Kier molecular flexibility index (Phi) is 2.42. The van der Waals surface area contributed by atoms with Crippen molar-refractivity contribution in [3.8, 4) is 0 Å². The predicted octanol–water partition coefficient (Wildman–Crippen LogP) is -1.04. The van der Waals surface area contributed by atoms with Gasteiger partial charge in [-0.15, -0.1) is 5.10 Å². The number of H-pyrrole nitrogens is 1. The second-order valence-electron chi connectivity index (χ2n) is 4.53. The van der Waals surface area contributed by atoms with Crippen LogP contribution >= 0.6 is 0 Å². The van der Waals surface area contributed by atoms with Crippen molar-refractivity contribution >= 4 is 11.9 Å². The molecule has 2 N–H and O–H groups in total. The Balaban J connectivity index is 1.71. The number of carbonyl (C=O) groups is 2. The first-order valence-corrected chi connectivity index (χ1v) is 5.88. The minimum Gasteiger partial charge on any atom is -0.336 e. The van der Waals surface area contributed by atoms with Crippen molar-refractivity contribution in [1.29, 1.82) is 0 Å². The van der Waals surface area contributed by atoms with E-state index in [9.17, 15) is 9.59 Å². The summed E-state index contributed by atoms with van der Waals surface area (Å²) < 4.78 is 0. The van der Waals surface area contributed by atoms with Gasteiger partial charge in [0.1, 0.15) is 5.82 Å². The molecular weight excluding hydrogens is 236 g/mol.